The van der Waals surface area contributed by atoms with Gasteiger partial charge in [0.1, 0.15) is 0 Å². The lowest BCUT2D eigenvalue weighted by molar-refractivity contribution is 0.0927. The quantitative estimate of drug-likeness (QED) is 0.662. The van der Waals surface area contributed by atoms with E-state index in [-0.39, 0.29) is 5.91 Å². The smallest absolute Gasteiger partial charge is 0.251 e. The SMILES string of the molecule is Cc1cc(C(=O)NC2CCCCC2)ccc1NCc1nc(-c2ccco2)no1. The van der Waals surface area contributed by atoms with E-state index in [2.05, 4.69) is 20.8 Å². The minimum absolute atomic E-state index is 0.00143. The van der Waals surface area contributed by atoms with Crippen molar-refractivity contribution in [2.45, 2.75) is 51.6 Å². The van der Waals surface area contributed by atoms with Crippen molar-refractivity contribution in [1.29, 1.82) is 0 Å². The maximum absolute atomic E-state index is 12.5. The molecule has 0 radical (unpaired) electrons. The van der Waals surface area contributed by atoms with Crippen molar-refractivity contribution in [1.82, 2.24) is 15.5 Å². The van der Waals surface area contributed by atoms with Crippen LogP contribution in [0.5, 0.6) is 0 Å². The molecule has 1 aliphatic carbocycles. The van der Waals surface area contributed by atoms with Gasteiger partial charge in [0.05, 0.1) is 12.8 Å². The fourth-order valence-electron chi connectivity index (χ4n) is 3.52. The molecule has 7 nitrogen and oxygen atoms in total. The molecule has 0 saturated heterocycles. The van der Waals surface area contributed by atoms with E-state index in [9.17, 15) is 4.79 Å². The van der Waals surface area contributed by atoms with Crippen molar-refractivity contribution in [3.63, 3.8) is 0 Å². The number of hydrogen-bond acceptors (Lipinski definition) is 6. The lowest BCUT2D eigenvalue weighted by Crippen LogP contribution is -2.36. The Labute approximate surface area is 163 Å². The Morgan fingerprint density at radius 1 is 1.21 bits per heavy atom. The summed E-state index contributed by atoms with van der Waals surface area (Å²) in [6.45, 7) is 2.37. The normalized spacial score (nSPS) is 14.8. The lowest BCUT2D eigenvalue weighted by Gasteiger charge is -2.23. The molecule has 2 N–H and O–H groups in total. The Kier molecular flexibility index (Phi) is 5.41. The molecule has 0 atom stereocenters. The molecule has 0 unspecified atom stereocenters. The monoisotopic (exact) mass is 380 g/mol. The average Bonchev–Trinajstić information content (AvgIpc) is 3.39. The lowest BCUT2D eigenvalue weighted by atomic mass is 9.95. The number of carbonyl (C=O) groups is 1. The van der Waals surface area contributed by atoms with Gasteiger partial charge in [-0.1, -0.05) is 24.4 Å². The van der Waals surface area contributed by atoms with Crippen molar-refractivity contribution in [3.8, 4) is 11.6 Å². The number of aromatic nitrogens is 2. The molecule has 1 saturated carbocycles. The number of aryl methyl sites for hydroxylation is 1. The zero-order valence-electron chi connectivity index (χ0n) is 15.9. The zero-order valence-corrected chi connectivity index (χ0v) is 15.9. The molecule has 0 aliphatic heterocycles. The van der Waals surface area contributed by atoms with Gasteiger partial charge in [0.2, 0.25) is 11.7 Å². The molecule has 1 amide bonds. The molecule has 2 heterocycles. The highest BCUT2D eigenvalue weighted by atomic mass is 16.5. The third-order valence-electron chi connectivity index (χ3n) is 5.07. The van der Waals surface area contributed by atoms with Crippen molar-refractivity contribution in [2.24, 2.45) is 0 Å². The minimum Gasteiger partial charge on any atom is -0.461 e. The van der Waals surface area contributed by atoms with Gasteiger partial charge >= 0.3 is 0 Å². The number of nitrogens with one attached hydrogen (secondary N) is 2. The number of nitrogens with zero attached hydrogens (tertiary/aromatic N) is 2. The van der Waals surface area contributed by atoms with E-state index in [4.69, 9.17) is 8.94 Å². The summed E-state index contributed by atoms with van der Waals surface area (Å²) < 4.78 is 10.5. The van der Waals surface area contributed by atoms with Crippen LogP contribution in [-0.4, -0.2) is 22.1 Å². The third kappa shape index (κ3) is 4.24. The molecule has 2 aromatic heterocycles. The second kappa shape index (κ2) is 8.29. The number of benzene rings is 1. The first-order chi connectivity index (χ1) is 13.7. The fraction of sp³-hybridized carbons (Fsp3) is 0.381. The van der Waals surface area contributed by atoms with Crippen LogP contribution in [0.3, 0.4) is 0 Å². The number of hydrogen-bond donors (Lipinski definition) is 2. The summed E-state index contributed by atoms with van der Waals surface area (Å²) in [4.78, 5) is 16.8. The number of amides is 1. The van der Waals surface area contributed by atoms with Crippen LogP contribution in [0.25, 0.3) is 11.6 Å². The maximum atomic E-state index is 12.5. The van der Waals surface area contributed by atoms with E-state index in [1.165, 1.54) is 19.3 Å². The Hall–Kier alpha value is -3.09. The highest BCUT2D eigenvalue weighted by Crippen LogP contribution is 2.21. The number of anilines is 1. The summed E-state index contributed by atoms with van der Waals surface area (Å²) >= 11 is 0. The van der Waals surface area contributed by atoms with Crippen LogP contribution in [0.4, 0.5) is 5.69 Å². The van der Waals surface area contributed by atoms with Gasteiger partial charge in [0.25, 0.3) is 5.91 Å². The molecule has 1 fully saturated rings. The molecular weight excluding hydrogens is 356 g/mol. The van der Waals surface area contributed by atoms with E-state index in [0.717, 1.165) is 24.1 Å². The number of rotatable bonds is 6. The van der Waals surface area contributed by atoms with Gasteiger partial charge < -0.3 is 19.6 Å². The van der Waals surface area contributed by atoms with Gasteiger partial charge in [-0.25, -0.2) is 0 Å². The van der Waals surface area contributed by atoms with E-state index in [1.54, 1.807) is 18.4 Å². The van der Waals surface area contributed by atoms with Crippen LogP contribution in [0.15, 0.2) is 45.5 Å². The van der Waals surface area contributed by atoms with Crippen molar-refractivity contribution in [3.05, 3.63) is 53.6 Å². The molecule has 1 aromatic carbocycles. The van der Waals surface area contributed by atoms with Crippen molar-refractivity contribution >= 4 is 11.6 Å². The van der Waals surface area contributed by atoms with Crippen molar-refractivity contribution in [2.75, 3.05) is 5.32 Å². The number of furan rings is 1. The highest BCUT2D eigenvalue weighted by Gasteiger charge is 2.17. The molecule has 7 heteroatoms. The van der Waals surface area contributed by atoms with Crippen LogP contribution < -0.4 is 10.6 Å². The fourth-order valence-corrected chi connectivity index (χ4v) is 3.52. The molecule has 0 spiro atoms. The third-order valence-corrected chi connectivity index (χ3v) is 5.07. The molecule has 4 rings (SSSR count). The summed E-state index contributed by atoms with van der Waals surface area (Å²) in [7, 11) is 0. The summed E-state index contributed by atoms with van der Waals surface area (Å²) in [6.07, 6.45) is 7.39. The van der Waals surface area contributed by atoms with Crippen LogP contribution in [0.1, 0.15) is 53.9 Å². The zero-order chi connectivity index (χ0) is 19.3. The van der Waals surface area contributed by atoms with E-state index >= 15 is 0 Å². The van der Waals surface area contributed by atoms with Gasteiger partial charge in [-0.2, -0.15) is 4.98 Å². The van der Waals surface area contributed by atoms with Crippen LogP contribution >= 0.6 is 0 Å². The highest BCUT2D eigenvalue weighted by molar-refractivity contribution is 5.95. The first-order valence-corrected chi connectivity index (χ1v) is 9.71. The second-order valence-electron chi connectivity index (χ2n) is 7.18. The Balaban J connectivity index is 1.36. The summed E-state index contributed by atoms with van der Waals surface area (Å²) in [5, 5.41) is 10.3. The molecule has 28 heavy (non-hydrogen) atoms. The summed E-state index contributed by atoms with van der Waals surface area (Å²) in [5.74, 6) is 1.46. The van der Waals surface area contributed by atoms with E-state index < -0.39 is 0 Å². The topological polar surface area (TPSA) is 93.2 Å². The maximum Gasteiger partial charge on any atom is 0.251 e. The predicted molar refractivity (Wildman–Crippen MR) is 105 cm³/mol. The first kappa shape index (κ1) is 18.3. The van der Waals surface area contributed by atoms with Gasteiger partial charge in [0, 0.05) is 17.3 Å². The van der Waals surface area contributed by atoms with Crippen LogP contribution in [-0.2, 0) is 6.54 Å². The molecule has 146 valence electrons. The first-order valence-electron chi connectivity index (χ1n) is 9.71. The number of carbonyl (C=O) groups excluding carboxylic acids is 1. The molecular formula is C21H24N4O3. The van der Waals surface area contributed by atoms with E-state index in [1.807, 2.05) is 25.1 Å². The van der Waals surface area contributed by atoms with Gasteiger partial charge in [-0.3, -0.25) is 4.79 Å². The summed E-state index contributed by atoms with van der Waals surface area (Å²) in [5.41, 5.74) is 2.60. The molecule has 3 aromatic rings. The van der Waals surface area contributed by atoms with Crippen molar-refractivity contribution < 1.29 is 13.7 Å². The van der Waals surface area contributed by atoms with Crippen LogP contribution in [0, 0.1) is 6.92 Å². The molecule has 0 bridgehead atoms. The minimum atomic E-state index is 0.00143. The predicted octanol–water partition coefficient (Wildman–Crippen LogP) is 4.31. The van der Waals surface area contributed by atoms with Crippen LogP contribution in [0.2, 0.25) is 0 Å². The molecule has 1 aliphatic rings. The Morgan fingerprint density at radius 3 is 2.82 bits per heavy atom. The second-order valence-corrected chi connectivity index (χ2v) is 7.18. The van der Waals surface area contributed by atoms with E-state index in [0.29, 0.717) is 35.6 Å². The Bertz CT molecular complexity index is 927. The standard InChI is InChI=1S/C21H24N4O3/c1-14-12-15(21(26)23-16-6-3-2-4-7-16)9-10-17(14)22-13-19-24-20(25-28-19)18-8-5-11-27-18/h5,8-12,16,22H,2-4,6-7,13H2,1H3,(H,23,26). The summed E-state index contributed by atoms with van der Waals surface area (Å²) in [6, 6.07) is 9.52. The van der Waals surface area contributed by atoms with Gasteiger partial charge in [-0.05, 0) is 55.7 Å². The largest absolute Gasteiger partial charge is 0.461 e. The van der Waals surface area contributed by atoms with Gasteiger partial charge in [-0.15, -0.1) is 0 Å². The van der Waals surface area contributed by atoms with Gasteiger partial charge in [0.15, 0.2) is 5.76 Å². The Morgan fingerprint density at radius 2 is 2.07 bits per heavy atom. The average molecular weight is 380 g/mol.